The second-order valence-corrected chi connectivity index (χ2v) is 16.5. The third-order valence-electron chi connectivity index (χ3n) is 13.1. The summed E-state index contributed by atoms with van der Waals surface area (Å²) in [5.41, 5.74) is 18.2. The van der Waals surface area contributed by atoms with E-state index in [4.69, 9.17) is 6.85 Å². The maximum Gasteiger partial charge on any atom is 0.0726 e. The Hall–Kier alpha value is -7.42. The average Bonchev–Trinajstić information content (AvgIpc) is 3.90. The quantitative estimate of drug-likeness (QED) is 0.166. The number of hydrogen-bond donors (Lipinski definition) is 0. The highest BCUT2D eigenvalue weighted by Crippen LogP contribution is 2.64. The molecule has 12 rings (SSSR count). The van der Waals surface area contributed by atoms with E-state index in [1.54, 1.807) is 0 Å². The molecule has 0 amide bonds. The fraction of sp³-hybridized carbons (Fsp3) is 0.0690. The molecular weight excluding hydrogens is 725 g/mol. The summed E-state index contributed by atoms with van der Waals surface area (Å²) in [5.74, 6) is 0. The SMILES string of the molecule is [2H]c1c([2H])c([2H])c(N(c2ccccc2)c2ccc3c(c2)C2(c4ccccc4-c4cc(N(c5ccccc5)c5ccc6c(c5)C(C)(C)c5ccccc5-6)ccc42)c2ccccc2-3)c([2H])c1[2H]. The smallest absolute Gasteiger partial charge is 0.0726 e. The normalized spacial score (nSPS) is 16.9. The van der Waals surface area contributed by atoms with Crippen LogP contribution in [-0.2, 0) is 10.8 Å². The first kappa shape index (κ1) is 29.7. The molecule has 2 nitrogen and oxygen atoms in total. The third kappa shape index (κ3) is 4.82. The van der Waals surface area contributed by atoms with Crippen LogP contribution < -0.4 is 9.80 Å². The van der Waals surface area contributed by atoms with Gasteiger partial charge in [-0.1, -0.05) is 159 Å². The highest BCUT2D eigenvalue weighted by Gasteiger charge is 2.52. The Morgan fingerprint density at radius 2 is 0.733 bits per heavy atom. The fourth-order valence-electron chi connectivity index (χ4n) is 10.6. The second kappa shape index (κ2) is 13.0. The molecule has 284 valence electrons. The van der Waals surface area contributed by atoms with E-state index in [-0.39, 0.29) is 35.3 Å². The molecule has 3 aliphatic rings. The van der Waals surface area contributed by atoms with Crippen molar-refractivity contribution in [3.8, 4) is 33.4 Å². The predicted octanol–water partition coefficient (Wildman–Crippen LogP) is 15.3. The lowest BCUT2D eigenvalue weighted by atomic mass is 9.70. The van der Waals surface area contributed by atoms with Gasteiger partial charge in [-0.15, -0.1) is 0 Å². The van der Waals surface area contributed by atoms with Crippen molar-refractivity contribution in [2.24, 2.45) is 0 Å². The Bertz CT molecular complexity index is 3410. The topological polar surface area (TPSA) is 6.48 Å². The molecule has 1 unspecified atom stereocenters. The molecule has 2 heteroatoms. The van der Waals surface area contributed by atoms with Crippen molar-refractivity contribution in [3.63, 3.8) is 0 Å². The lowest BCUT2D eigenvalue weighted by Gasteiger charge is -2.32. The van der Waals surface area contributed by atoms with Crippen molar-refractivity contribution in [2.75, 3.05) is 9.80 Å². The molecule has 0 aromatic heterocycles. The number of nitrogens with zero attached hydrogens (tertiary/aromatic N) is 2. The molecule has 3 aliphatic carbocycles. The largest absolute Gasteiger partial charge is 0.310 e. The van der Waals surface area contributed by atoms with Gasteiger partial charge in [0.05, 0.1) is 12.3 Å². The van der Waals surface area contributed by atoms with Gasteiger partial charge in [0, 0.05) is 39.5 Å². The summed E-state index contributed by atoms with van der Waals surface area (Å²) in [5, 5.41) is 0. The van der Waals surface area contributed by atoms with Crippen molar-refractivity contribution >= 4 is 34.1 Å². The minimum absolute atomic E-state index is 0.100. The van der Waals surface area contributed by atoms with Crippen LogP contribution in [0.3, 0.4) is 0 Å². The monoisotopic (exact) mass is 771 g/mol. The molecule has 0 fully saturated rings. The van der Waals surface area contributed by atoms with Gasteiger partial charge < -0.3 is 9.80 Å². The van der Waals surface area contributed by atoms with Gasteiger partial charge in [0.15, 0.2) is 0 Å². The Kier molecular flexibility index (Phi) is 6.47. The van der Waals surface area contributed by atoms with Gasteiger partial charge in [-0.2, -0.15) is 0 Å². The number of rotatable bonds is 6. The van der Waals surface area contributed by atoms with Gasteiger partial charge in [-0.25, -0.2) is 0 Å². The summed E-state index contributed by atoms with van der Waals surface area (Å²) in [6.45, 7) is 4.65. The molecule has 0 heterocycles. The number of fused-ring (bicyclic) bond motifs is 13. The van der Waals surface area contributed by atoms with Crippen LogP contribution in [0.1, 0.15) is 54.1 Å². The Labute approximate surface area is 359 Å². The van der Waals surface area contributed by atoms with Crippen LogP contribution in [0.25, 0.3) is 33.4 Å². The number of hydrogen-bond acceptors (Lipinski definition) is 2. The van der Waals surface area contributed by atoms with Gasteiger partial charge in [-0.05, 0) is 140 Å². The Balaban J connectivity index is 1.08. The van der Waals surface area contributed by atoms with Crippen molar-refractivity contribution in [1.82, 2.24) is 0 Å². The van der Waals surface area contributed by atoms with Crippen molar-refractivity contribution < 1.29 is 6.85 Å². The molecule has 1 spiro atoms. The van der Waals surface area contributed by atoms with E-state index in [0.717, 1.165) is 44.9 Å². The third-order valence-corrected chi connectivity index (χ3v) is 13.1. The molecule has 9 aromatic rings. The van der Waals surface area contributed by atoms with Crippen LogP contribution in [-0.4, -0.2) is 0 Å². The summed E-state index contributed by atoms with van der Waals surface area (Å²) in [6, 6.07) is 64.9. The molecule has 0 saturated heterocycles. The molecular formula is C58H42N2. The van der Waals surface area contributed by atoms with E-state index in [2.05, 4.69) is 170 Å². The van der Waals surface area contributed by atoms with Crippen molar-refractivity contribution in [2.45, 2.75) is 24.7 Å². The minimum Gasteiger partial charge on any atom is -0.310 e. The maximum absolute atomic E-state index is 9.12. The highest BCUT2D eigenvalue weighted by atomic mass is 15.1. The molecule has 9 aromatic carbocycles. The summed E-state index contributed by atoms with van der Waals surface area (Å²) < 4.78 is 44.0. The Morgan fingerprint density at radius 3 is 1.35 bits per heavy atom. The molecule has 1 atom stereocenters. The molecule has 0 radical (unpaired) electrons. The first-order chi connectivity index (χ1) is 31.6. The summed E-state index contributed by atoms with van der Waals surface area (Å²) in [4.78, 5) is 4.19. The van der Waals surface area contributed by atoms with Crippen LogP contribution in [0, 0.1) is 0 Å². The molecule has 0 bridgehead atoms. The van der Waals surface area contributed by atoms with Gasteiger partial charge in [0.2, 0.25) is 0 Å². The average molecular weight is 772 g/mol. The molecule has 0 saturated carbocycles. The van der Waals surface area contributed by atoms with Gasteiger partial charge in [-0.3, -0.25) is 0 Å². The fourth-order valence-corrected chi connectivity index (χ4v) is 10.6. The first-order valence-electron chi connectivity index (χ1n) is 23.1. The van der Waals surface area contributed by atoms with Crippen LogP contribution in [0.15, 0.2) is 218 Å². The zero-order valence-electron chi connectivity index (χ0n) is 38.3. The van der Waals surface area contributed by atoms with Crippen LogP contribution >= 0.6 is 0 Å². The maximum atomic E-state index is 9.12. The zero-order chi connectivity index (χ0) is 44.4. The van der Waals surface area contributed by atoms with Crippen molar-refractivity contribution in [1.29, 1.82) is 0 Å². The number of para-hydroxylation sites is 3. The van der Waals surface area contributed by atoms with Crippen LogP contribution in [0.2, 0.25) is 0 Å². The van der Waals surface area contributed by atoms with E-state index in [1.807, 2.05) is 41.3 Å². The molecule has 60 heavy (non-hydrogen) atoms. The summed E-state index contributed by atoms with van der Waals surface area (Å²) in [7, 11) is 0. The van der Waals surface area contributed by atoms with E-state index in [9.17, 15) is 0 Å². The lowest BCUT2D eigenvalue weighted by molar-refractivity contribution is 0.660. The lowest BCUT2D eigenvalue weighted by Crippen LogP contribution is -2.26. The van der Waals surface area contributed by atoms with E-state index < -0.39 is 11.5 Å². The van der Waals surface area contributed by atoms with Gasteiger partial charge >= 0.3 is 0 Å². The zero-order valence-corrected chi connectivity index (χ0v) is 33.3. The van der Waals surface area contributed by atoms with Gasteiger partial charge in [0.1, 0.15) is 0 Å². The minimum atomic E-state index is -0.713. The van der Waals surface area contributed by atoms with E-state index in [1.165, 1.54) is 38.9 Å². The molecule has 0 N–H and O–H groups in total. The number of anilines is 6. The predicted molar refractivity (Wildman–Crippen MR) is 250 cm³/mol. The summed E-state index contributed by atoms with van der Waals surface area (Å²) >= 11 is 0. The number of benzene rings is 9. The second-order valence-electron chi connectivity index (χ2n) is 16.5. The van der Waals surface area contributed by atoms with E-state index in [0.29, 0.717) is 11.4 Å². The standard InChI is InChI=1S/C58H42N2/c1-57(2)51-27-15-12-24-45(51)48-33-30-43(37-55(48)57)60(41-22-10-5-11-23-41)42-32-35-54-50(36-42)47-26-14-17-29-53(47)58(54)52-28-16-13-25-46(52)49-34-31-44(38-56(49)58)59(39-18-6-3-7-19-39)40-20-8-4-9-21-40/h3-38H,1-2H3/i3D,6D,7D,18D,19D. The van der Waals surface area contributed by atoms with Crippen LogP contribution in [0.4, 0.5) is 34.1 Å². The van der Waals surface area contributed by atoms with E-state index >= 15 is 0 Å². The van der Waals surface area contributed by atoms with Gasteiger partial charge in [0.25, 0.3) is 0 Å². The van der Waals surface area contributed by atoms with Crippen LogP contribution in [0.5, 0.6) is 0 Å². The first-order valence-corrected chi connectivity index (χ1v) is 20.6. The molecule has 0 aliphatic heterocycles. The Morgan fingerprint density at radius 1 is 0.317 bits per heavy atom. The van der Waals surface area contributed by atoms with Crippen molar-refractivity contribution in [3.05, 3.63) is 252 Å². The highest BCUT2D eigenvalue weighted by molar-refractivity contribution is 5.98. The summed E-state index contributed by atoms with van der Waals surface area (Å²) in [6.07, 6.45) is 0.